The first-order valence-corrected chi connectivity index (χ1v) is 13.9. The zero-order valence-corrected chi connectivity index (χ0v) is 22.9. The van der Waals surface area contributed by atoms with E-state index in [0.717, 1.165) is 16.9 Å². The third-order valence-corrected chi connectivity index (χ3v) is 8.54. The van der Waals surface area contributed by atoms with E-state index in [0.29, 0.717) is 43.4 Å². The van der Waals surface area contributed by atoms with Crippen molar-refractivity contribution >= 4 is 21.7 Å². The molecular formula is C27H33N5O5S. The highest BCUT2D eigenvalue weighted by Gasteiger charge is 2.29. The average molecular weight is 540 g/mol. The van der Waals surface area contributed by atoms with Crippen molar-refractivity contribution in [2.24, 2.45) is 0 Å². The summed E-state index contributed by atoms with van der Waals surface area (Å²) in [7, 11) is -0.572. The molecule has 0 atom stereocenters. The van der Waals surface area contributed by atoms with Crippen LogP contribution in [0.15, 0.2) is 59.5 Å². The largest absolute Gasteiger partial charge is 0.493 e. The Morgan fingerprint density at radius 1 is 0.921 bits per heavy atom. The maximum Gasteiger partial charge on any atom is 0.243 e. The predicted octanol–water partition coefficient (Wildman–Crippen LogP) is 2.83. The Bertz CT molecular complexity index is 1360. The third kappa shape index (κ3) is 5.89. The standard InChI is InChI=1S/C27H33N5O5S/c1-5-32(38(34,35)22-9-6-20(2)7-10-22)19-27(33)31-16-14-30(15-17-31)26-13-11-23(28-29-26)21-8-12-24(36-3)25(18-21)37-4/h6-13,18H,5,14-17,19H2,1-4H3. The molecule has 38 heavy (non-hydrogen) atoms. The van der Waals surface area contributed by atoms with Crippen LogP contribution in [0.25, 0.3) is 11.3 Å². The number of amides is 1. The Morgan fingerprint density at radius 3 is 2.18 bits per heavy atom. The molecule has 202 valence electrons. The maximum atomic E-state index is 13.0. The van der Waals surface area contributed by atoms with Gasteiger partial charge in [0.05, 0.1) is 31.4 Å². The summed E-state index contributed by atoms with van der Waals surface area (Å²) in [5, 5.41) is 8.77. The van der Waals surface area contributed by atoms with E-state index in [4.69, 9.17) is 9.47 Å². The average Bonchev–Trinajstić information content (AvgIpc) is 2.95. The van der Waals surface area contributed by atoms with Gasteiger partial charge in [0.15, 0.2) is 17.3 Å². The molecule has 4 rings (SSSR count). The summed E-state index contributed by atoms with van der Waals surface area (Å²) < 4.78 is 38.0. The van der Waals surface area contributed by atoms with E-state index >= 15 is 0 Å². The molecule has 1 aliphatic rings. The molecule has 1 aromatic heterocycles. The number of nitrogens with zero attached hydrogens (tertiary/aromatic N) is 5. The molecule has 0 unspecified atom stereocenters. The molecule has 2 aromatic carbocycles. The first-order valence-electron chi connectivity index (χ1n) is 12.4. The van der Waals surface area contributed by atoms with E-state index in [1.54, 1.807) is 50.3 Å². The van der Waals surface area contributed by atoms with Crippen LogP contribution < -0.4 is 14.4 Å². The van der Waals surface area contributed by atoms with Crippen molar-refractivity contribution in [1.82, 2.24) is 19.4 Å². The Kier molecular flexibility index (Phi) is 8.48. The van der Waals surface area contributed by atoms with Gasteiger partial charge >= 0.3 is 0 Å². The number of likely N-dealkylation sites (N-methyl/N-ethyl adjacent to an activating group) is 1. The van der Waals surface area contributed by atoms with Crippen LogP contribution >= 0.6 is 0 Å². The number of aryl methyl sites for hydroxylation is 1. The highest BCUT2D eigenvalue weighted by Crippen LogP contribution is 2.31. The number of methoxy groups -OCH3 is 2. The zero-order chi connectivity index (χ0) is 27.3. The van der Waals surface area contributed by atoms with Crippen LogP contribution in [0.4, 0.5) is 5.82 Å². The molecule has 0 spiro atoms. The highest BCUT2D eigenvalue weighted by molar-refractivity contribution is 7.89. The number of hydrogen-bond acceptors (Lipinski definition) is 8. The maximum absolute atomic E-state index is 13.0. The van der Waals surface area contributed by atoms with E-state index in [9.17, 15) is 13.2 Å². The van der Waals surface area contributed by atoms with Gasteiger partial charge in [-0.3, -0.25) is 4.79 Å². The fraction of sp³-hybridized carbons (Fsp3) is 0.370. The van der Waals surface area contributed by atoms with Crippen molar-refractivity contribution in [1.29, 1.82) is 0 Å². The molecule has 1 fully saturated rings. The molecule has 10 nitrogen and oxygen atoms in total. The topological polar surface area (TPSA) is 105 Å². The summed E-state index contributed by atoms with van der Waals surface area (Å²) in [5.74, 6) is 1.77. The molecule has 0 N–H and O–H groups in total. The lowest BCUT2D eigenvalue weighted by Crippen LogP contribution is -2.52. The lowest BCUT2D eigenvalue weighted by Gasteiger charge is -2.36. The molecule has 1 saturated heterocycles. The van der Waals surface area contributed by atoms with E-state index in [-0.39, 0.29) is 23.9 Å². The van der Waals surface area contributed by atoms with Crippen LogP contribution in [0.1, 0.15) is 12.5 Å². The quantitative estimate of drug-likeness (QED) is 0.409. The smallest absolute Gasteiger partial charge is 0.243 e. The first kappa shape index (κ1) is 27.3. The number of anilines is 1. The molecule has 11 heteroatoms. The molecule has 2 heterocycles. The van der Waals surface area contributed by atoms with Gasteiger partial charge in [-0.2, -0.15) is 4.31 Å². The highest BCUT2D eigenvalue weighted by atomic mass is 32.2. The molecular weight excluding hydrogens is 506 g/mol. The molecule has 0 saturated carbocycles. The van der Waals surface area contributed by atoms with Crippen molar-refractivity contribution in [2.75, 3.05) is 58.4 Å². The Balaban J connectivity index is 1.36. The minimum absolute atomic E-state index is 0.188. The predicted molar refractivity (Wildman–Crippen MR) is 145 cm³/mol. The number of hydrogen-bond donors (Lipinski definition) is 0. The lowest BCUT2D eigenvalue weighted by molar-refractivity contribution is -0.131. The van der Waals surface area contributed by atoms with Gasteiger partial charge in [0.1, 0.15) is 0 Å². The van der Waals surface area contributed by atoms with Crippen molar-refractivity contribution in [3.05, 3.63) is 60.2 Å². The SMILES string of the molecule is CCN(CC(=O)N1CCN(c2ccc(-c3ccc(OC)c(OC)c3)nn2)CC1)S(=O)(=O)c1ccc(C)cc1. The number of ether oxygens (including phenoxy) is 2. The fourth-order valence-electron chi connectivity index (χ4n) is 4.31. The fourth-order valence-corrected chi connectivity index (χ4v) is 5.70. The Labute approximate surface area is 223 Å². The minimum atomic E-state index is -3.75. The van der Waals surface area contributed by atoms with Gasteiger partial charge < -0.3 is 19.3 Å². The summed E-state index contributed by atoms with van der Waals surface area (Å²) in [5.41, 5.74) is 2.54. The van der Waals surface area contributed by atoms with Gasteiger partial charge in [-0.15, -0.1) is 10.2 Å². The number of carbonyl (C=O) groups excluding carboxylic acids is 1. The third-order valence-electron chi connectivity index (χ3n) is 6.61. The first-order chi connectivity index (χ1) is 18.3. The number of carbonyl (C=O) groups is 1. The van der Waals surface area contributed by atoms with E-state index < -0.39 is 10.0 Å². The van der Waals surface area contributed by atoms with Crippen molar-refractivity contribution in [2.45, 2.75) is 18.7 Å². The van der Waals surface area contributed by atoms with Gasteiger partial charge in [0.25, 0.3) is 0 Å². The summed E-state index contributed by atoms with van der Waals surface area (Å²) in [6, 6.07) is 16.0. The monoisotopic (exact) mass is 539 g/mol. The number of benzene rings is 2. The second kappa shape index (κ2) is 11.8. The van der Waals surface area contributed by atoms with Crippen molar-refractivity contribution < 1.29 is 22.7 Å². The van der Waals surface area contributed by atoms with Gasteiger partial charge in [-0.1, -0.05) is 24.6 Å². The second-order valence-corrected chi connectivity index (χ2v) is 10.9. The Morgan fingerprint density at radius 2 is 1.61 bits per heavy atom. The minimum Gasteiger partial charge on any atom is -0.493 e. The molecule has 3 aromatic rings. The number of aromatic nitrogens is 2. The van der Waals surface area contributed by atoms with Crippen molar-refractivity contribution in [3.63, 3.8) is 0 Å². The van der Waals surface area contributed by atoms with Crippen LogP contribution in [0.2, 0.25) is 0 Å². The van der Waals surface area contributed by atoms with E-state index in [1.807, 2.05) is 37.3 Å². The molecule has 0 bridgehead atoms. The molecule has 1 amide bonds. The molecule has 0 aliphatic carbocycles. The zero-order valence-electron chi connectivity index (χ0n) is 22.1. The summed E-state index contributed by atoms with van der Waals surface area (Å²) >= 11 is 0. The van der Waals surface area contributed by atoms with Gasteiger partial charge in [-0.05, 0) is 49.4 Å². The van der Waals surface area contributed by atoms with Gasteiger partial charge in [-0.25, -0.2) is 8.42 Å². The van der Waals surface area contributed by atoms with Crippen LogP contribution in [0, 0.1) is 6.92 Å². The van der Waals surface area contributed by atoms with Crippen molar-refractivity contribution in [3.8, 4) is 22.8 Å². The van der Waals surface area contributed by atoms with Crippen LogP contribution in [0.3, 0.4) is 0 Å². The molecule has 1 aliphatic heterocycles. The van der Waals surface area contributed by atoms with Crippen LogP contribution in [0.5, 0.6) is 11.5 Å². The van der Waals surface area contributed by atoms with E-state index in [1.165, 1.54) is 4.31 Å². The Hall–Kier alpha value is -3.70. The summed E-state index contributed by atoms with van der Waals surface area (Å²) in [6.45, 7) is 5.76. The normalized spacial score (nSPS) is 14.0. The van der Waals surface area contributed by atoms with Gasteiger partial charge in [0, 0.05) is 38.3 Å². The number of piperazine rings is 1. The summed E-state index contributed by atoms with van der Waals surface area (Å²) in [6.07, 6.45) is 0. The van der Waals surface area contributed by atoms with E-state index in [2.05, 4.69) is 15.1 Å². The number of rotatable bonds is 9. The van der Waals surface area contributed by atoms with Gasteiger partial charge in [0.2, 0.25) is 15.9 Å². The summed E-state index contributed by atoms with van der Waals surface area (Å²) in [4.78, 5) is 17.0. The van der Waals surface area contributed by atoms with Crippen LogP contribution in [-0.4, -0.2) is 87.2 Å². The second-order valence-electron chi connectivity index (χ2n) is 8.96. The van der Waals surface area contributed by atoms with Crippen LogP contribution in [-0.2, 0) is 14.8 Å². The molecule has 0 radical (unpaired) electrons. The number of sulfonamides is 1. The lowest BCUT2D eigenvalue weighted by atomic mass is 10.1.